The van der Waals surface area contributed by atoms with Crippen LogP contribution in [0.1, 0.15) is 0 Å². The molecule has 6 heteroatoms. The molecule has 0 unspecified atom stereocenters. The highest BCUT2D eigenvalue weighted by Crippen LogP contribution is 2.36. The van der Waals surface area contributed by atoms with Gasteiger partial charge in [-0.25, -0.2) is 19.9 Å². The van der Waals surface area contributed by atoms with Crippen LogP contribution in [-0.2, 0) is 0 Å². The number of aromatic nitrogens is 6. The summed E-state index contributed by atoms with van der Waals surface area (Å²) in [6.45, 7) is 0. The van der Waals surface area contributed by atoms with Crippen LogP contribution >= 0.6 is 0 Å². The van der Waals surface area contributed by atoms with Crippen molar-refractivity contribution < 1.29 is 0 Å². The van der Waals surface area contributed by atoms with E-state index in [4.69, 9.17) is 24.9 Å². The van der Waals surface area contributed by atoms with Crippen LogP contribution in [0, 0.1) is 0 Å². The van der Waals surface area contributed by atoms with Crippen LogP contribution in [0.5, 0.6) is 0 Å². The third-order valence-corrected chi connectivity index (χ3v) is 9.26. The van der Waals surface area contributed by atoms with Crippen LogP contribution < -0.4 is 0 Å². The second-order valence-corrected chi connectivity index (χ2v) is 12.8. The average Bonchev–Trinajstić information content (AvgIpc) is 3.27. The Kier molecular flexibility index (Phi) is 8.81. The number of pyridine rings is 3. The molecule has 0 spiro atoms. The largest absolute Gasteiger partial charge is 0.255 e. The number of rotatable bonds is 8. The van der Waals surface area contributed by atoms with Gasteiger partial charge in [-0.15, -0.1) is 0 Å². The first kappa shape index (κ1) is 32.5. The van der Waals surface area contributed by atoms with Gasteiger partial charge in [0.1, 0.15) is 0 Å². The van der Waals surface area contributed by atoms with Crippen molar-refractivity contribution in [1.29, 1.82) is 0 Å². The zero-order valence-corrected chi connectivity index (χ0v) is 29.2. The van der Waals surface area contributed by atoms with Crippen molar-refractivity contribution in [3.05, 3.63) is 194 Å². The molecule has 254 valence electrons. The van der Waals surface area contributed by atoms with Gasteiger partial charge in [-0.1, -0.05) is 140 Å². The summed E-state index contributed by atoms with van der Waals surface area (Å²) >= 11 is 0. The Bertz CT molecular complexity index is 2590. The molecule has 4 heterocycles. The summed E-state index contributed by atoms with van der Waals surface area (Å²) in [6.07, 6.45) is 3.64. The van der Waals surface area contributed by atoms with Gasteiger partial charge in [0.05, 0.1) is 22.8 Å². The molecular formula is C48H32N6. The highest BCUT2D eigenvalue weighted by Gasteiger charge is 2.17. The van der Waals surface area contributed by atoms with Gasteiger partial charge in [0.25, 0.3) is 0 Å². The fraction of sp³-hybridized carbons (Fsp3) is 0. The van der Waals surface area contributed by atoms with E-state index in [-0.39, 0.29) is 0 Å². The van der Waals surface area contributed by atoms with E-state index in [0.717, 1.165) is 72.8 Å². The third-order valence-electron chi connectivity index (χ3n) is 9.26. The van der Waals surface area contributed by atoms with Gasteiger partial charge in [-0.3, -0.25) is 9.97 Å². The molecule has 54 heavy (non-hydrogen) atoms. The Morgan fingerprint density at radius 2 is 0.741 bits per heavy atom. The highest BCUT2D eigenvalue weighted by atomic mass is 15.0. The van der Waals surface area contributed by atoms with E-state index in [0.29, 0.717) is 17.5 Å². The smallest absolute Gasteiger partial charge is 0.164 e. The van der Waals surface area contributed by atoms with E-state index >= 15 is 0 Å². The van der Waals surface area contributed by atoms with Crippen molar-refractivity contribution in [2.45, 2.75) is 0 Å². The maximum Gasteiger partial charge on any atom is 0.164 e. The summed E-state index contributed by atoms with van der Waals surface area (Å²) in [5, 5.41) is 0. The van der Waals surface area contributed by atoms with Crippen LogP contribution in [0.25, 0.3) is 90.3 Å². The molecule has 0 aliphatic rings. The Balaban J connectivity index is 1.12. The Morgan fingerprint density at radius 3 is 1.41 bits per heavy atom. The molecule has 0 N–H and O–H groups in total. The molecule has 4 aromatic heterocycles. The summed E-state index contributed by atoms with van der Waals surface area (Å²) < 4.78 is 0. The summed E-state index contributed by atoms with van der Waals surface area (Å²) in [4.78, 5) is 29.4. The normalized spacial score (nSPS) is 11.0. The van der Waals surface area contributed by atoms with Gasteiger partial charge in [0.2, 0.25) is 0 Å². The third kappa shape index (κ3) is 6.79. The van der Waals surface area contributed by atoms with E-state index in [1.54, 1.807) is 6.20 Å². The quantitative estimate of drug-likeness (QED) is 0.158. The fourth-order valence-corrected chi connectivity index (χ4v) is 6.58. The number of hydrogen-bond donors (Lipinski definition) is 0. The van der Waals surface area contributed by atoms with Gasteiger partial charge >= 0.3 is 0 Å². The maximum absolute atomic E-state index is 5.06. The molecule has 0 amide bonds. The van der Waals surface area contributed by atoms with E-state index in [1.807, 2.05) is 115 Å². The molecule has 0 radical (unpaired) electrons. The minimum atomic E-state index is 0.614. The van der Waals surface area contributed by atoms with Crippen LogP contribution in [0.3, 0.4) is 0 Å². The molecule has 0 aliphatic heterocycles. The van der Waals surface area contributed by atoms with Crippen LogP contribution in [0.4, 0.5) is 0 Å². The van der Waals surface area contributed by atoms with E-state index in [1.165, 1.54) is 0 Å². The van der Waals surface area contributed by atoms with E-state index < -0.39 is 0 Å². The average molecular weight is 693 g/mol. The van der Waals surface area contributed by atoms with Crippen molar-refractivity contribution in [3.63, 3.8) is 0 Å². The molecule has 9 aromatic rings. The van der Waals surface area contributed by atoms with Crippen molar-refractivity contribution in [3.8, 4) is 90.3 Å². The molecule has 0 fully saturated rings. The van der Waals surface area contributed by atoms with Crippen molar-refractivity contribution in [1.82, 2.24) is 29.9 Å². The van der Waals surface area contributed by atoms with Crippen LogP contribution in [0.15, 0.2) is 194 Å². The van der Waals surface area contributed by atoms with Crippen LogP contribution in [-0.4, -0.2) is 29.9 Å². The molecule has 6 nitrogen and oxygen atoms in total. The molecule has 0 saturated carbocycles. The molecule has 0 saturated heterocycles. The zero-order valence-electron chi connectivity index (χ0n) is 29.2. The monoisotopic (exact) mass is 692 g/mol. The number of hydrogen-bond acceptors (Lipinski definition) is 6. The molecule has 0 atom stereocenters. The molecule has 0 bridgehead atoms. The predicted octanol–water partition coefficient (Wildman–Crippen LogP) is 11.4. The number of nitrogens with zero attached hydrogens (tertiary/aromatic N) is 6. The van der Waals surface area contributed by atoms with Gasteiger partial charge in [0.15, 0.2) is 17.5 Å². The first-order valence-corrected chi connectivity index (χ1v) is 17.8. The first-order valence-electron chi connectivity index (χ1n) is 17.8. The second kappa shape index (κ2) is 14.7. The lowest BCUT2D eigenvalue weighted by atomic mass is 9.95. The van der Waals surface area contributed by atoms with Gasteiger partial charge in [-0.2, -0.15) is 0 Å². The standard InChI is InChI=1S/C48H32N6/c1-4-15-33(16-5-1)39-31-44(42-25-12-13-27-49-42)51-45(32-39)43-30-37(26-28-50-43)36-21-14-22-38(29-36)40-23-10-11-24-41(40)48-53-46(34-17-6-2-7-18-34)52-47(54-48)35-19-8-3-9-20-35/h1-32H. The molecular weight excluding hydrogens is 661 g/mol. The minimum absolute atomic E-state index is 0.614. The van der Waals surface area contributed by atoms with Crippen molar-refractivity contribution in [2.75, 3.05) is 0 Å². The topological polar surface area (TPSA) is 77.3 Å². The van der Waals surface area contributed by atoms with Crippen LogP contribution in [0.2, 0.25) is 0 Å². The summed E-state index contributed by atoms with van der Waals surface area (Å²) in [7, 11) is 0. The molecule has 0 aliphatic carbocycles. The first-order chi connectivity index (χ1) is 26.7. The molecule has 9 rings (SSSR count). The Hall–Kier alpha value is -7.44. The predicted molar refractivity (Wildman–Crippen MR) is 217 cm³/mol. The summed E-state index contributed by atoms with van der Waals surface area (Å²) in [5.74, 6) is 1.87. The number of benzene rings is 5. The zero-order chi connectivity index (χ0) is 36.1. The minimum Gasteiger partial charge on any atom is -0.255 e. The Labute approximate surface area is 313 Å². The van der Waals surface area contributed by atoms with E-state index in [2.05, 4.69) is 77.8 Å². The van der Waals surface area contributed by atoms with E-state index in [9.17, 15) is 0 Å². The highest BCUT2D eigenvalue weighted by molar-refractivity contribution is 5.84. The van der Waals surface area contributed by atoms with Gasteiger partial charge in [0, 0.05) is 29.1 Å². The van der Waals surface area contributed by atoms with Crippen molar-refractivity contribution in [2.24, 2.45) is 0 Å². The molecule has 5 aromatic carbocycles. The van der Waals surface area contributed by atoms with Gasteiger partial charge < -0.3 is 0 Å². The maximum atomic E-state index is 5.06. The lowest BCUT2D eigenvalue weighted by Gasteiger charge is -2.13. The summed E-state index contributed by atoms with van der Waals surface area (Å²) in [6, 6.07) is 61.5. The second-order valence-electron chi connectivity index (χ2n) is 12.8. The lowest BCUT2D eigenvalue weighted by molar-refractivity contribution is 1.07. The summed E-state index contributed by atoms with van der Waals surface area (Å²) in [5.41, 5.74) is 12.3. The fourth-order valence-electron chi connectivity index (χ4n) is 6.58. The lowest BCUT2D eigenvalue weighted by Crippen LogP contribution is -2.01. The SMILES string of the molecule is c1ccc(-c2cc(-c3ccccn3)nc(-c3cc(-c4cccc(-c5ccccc5-c5nc(-c6ccccc6)nc(-c6ccccc6)n5)c4)ccn3)c2)cc1. The Morgan fingerprint density at radius 1 is 0.241 bits per heavy atom. The van der Waals surface area contributed by atoms with Crippen molar-refractivity contribution >= 4 is 0 Å². The van der Waals surface area contributed by atoms with Gasteiger partial charge in [-0.05, 0) is 75.8 Å².